The maximum Gasteiger partial charge on any atom is 0.0236 e. The third kappa shape index (κ3) is 2.83. The topological polar surface area (TPSA) is 15.3 Å². The highest BCUT2D eigenvalue weighted by Crippen LogP contribution is 2.10. The summed E-state index contributed by atoms with van der Waals surface area (Å²) in [6.07, 6.45) is 1.14. The molecule has 0 saturated carbocycles. The normalized spacial score (nSPS) is 26.9. The van der Waals surface area contributed by atoms with Gasteiger partial charge in [-0.3, -0.25) is 4.90 Å². The van der Waals surface area contributed by atoms with Gasteiger partial charge in [-0.15, -0.1) is 0 Å². The van der Waals surface area contributed by atoms with Crippen molar-refractivity contribution in [2.24, 2.45) is 0 Å². The molecule has 2 heteroatoms. The van der Waals surface area contributed by atoms with Gasteiger partial charge in [-0.05, 0) is 25.5 Å². The molecule has 0 bridgehead atoms. The van der Waals surface area contributed by atoms with Crippen molar-refractivity contribution in [2.45, 2.75) is 32.4 Å². The molecule has 88 valence electrons. The summed E-state index contributed by atoms with van der Waals surface area (Å²) in [6, 6.07) is 12.1. The molecular weight excluding hydrogens is 196 g/mol. The standard InChI is InChI=1S/C14H22N2/c1-3-16-11-14(15-10-12(16)2)9-13-7-5-4-6-8-13/h4-8,12,14-15H,3,9-11H2,1-2H3. The fraction of sp³-hybridized carbons (Fsp3) is 0.571. The van der Waals surface area contributed by atoms with Crippen LogP contribution in [0.15, 0.2) is 30.3 Å². The molecule has 2 rings (SSSR count). The number of nitrogens with zero attached hydrogens (tertiary/aromatic N) is 1. The molecular formula is C14H22N2. The van der Waals surface area contributed by atoms with Gasteiger partial charge in [-0.1, -0.05) is 37.3 Å². The maximum atomic E-state index is 3.64. The van der Waals surface area contributed by atoms with E-state index in [0.29, 0.717) is 12.1 Å². The van der Waals surface area contributed by atoms with Crippen molar-refractivity contribution in [3.63, 3.8) is 0 Å². The van der Waals surface area contributed by atoms with Crippen LogP contribution < -0.4 is 5.32 Å². The van der Waals surface area contributed by atoms with E-state index in [4.69, 9.17) is 0 Å². The Labute approximate surface area is 98.7 Å². The average molecular weight is 218 g/mol. The van der Waals surface area contributed by atoms with E-state index in [1.165, 1.54) is 12.1 Å². The molecule has 0 aromatic heterocycles. The van der Waals surface area contributed by atoms with Crippen LogP contribution in [0.4, 0.5) is 0 Å². The Kier molecular flexibility index (Phi) is 3.97. The molecule has 1 heterocycles. The Bertz CT molecular complexity index is 310. The highest BCUT2D eigenvalue weighted by molar-refractivity contribution is 5.16. The zero-order valence-corrected chi connectivity index (χ0v) is 10.3. The smallest absolute Gasteiger partial charge is 0.0236 e. The van der Waals surface area contributed by atoms with Crippen LogP contribution in [0.5, 0.6) is 0 Å². The second-order valence-electron chi connectivity index (χ2n) is 4.73. The second kappa shape index (κ2) is 5.46. The van der Waals surface area contributed by atoms with E-state index < -0.39 is 0 Å². The predicted octanol–water partition coefficient (Wildman–Crippen LogP) is 1.91. The fourth-order valence-electron chi connectivity index (χ4n) is 2.47. The van der Waals surface area contributed by atoms with Gasteiger partial charge in [-0.25, -0.2) is 0 Å². The first-order chi connectivity index (χ1) is 7.79. The highest BCUT2D eigenvalue weighted by atomic mass is 15.2. The summed E-state index contributed by atoms with van der Waals surface area (Å²) in [4.78, 5) is 2.56. The van der Waals surface area contributed by atoms with Gasteiger partial charge in [0.15, 0.2) is 0 Å². The van der Waals surface area contributed by atoms with Gasteiger partial charge in [-0.2, -0.15) is 0 Å². The van der Waals surface area contributed by atoms with Crippen molar-refractivity contribution < 1.29 is 0 Å². The van der Waals surface area contributed by atoms with Crippen LogP contribution in [-0.2, 0) is 6.42 Å². The Morgan fingerprint density at radius 2 is 2.06 bits per heavy atom. The summed E-state index contributed by atoms with van der Waals surface area (Å²) in [6.45, 7) is 8.00. The summed E-state index contributed by atoms with van der Waals surface area (Å²) >= 11 is 0. The monoisotopic (exact) mass is 218 g/mol. The third-order valence-electron chi connectivity index (χ3n) is 3.51. The van der Waals surface area contributed by atoms with Crippen molar-refractivity contribution in [1.82, 2.24) is 10.2 Å². The minimum Gasteiger partial charge on any atom is -0.311 e. The molecule has 1 aliphatic rings. The van der Waals surface area contributed by atoms with E-state index in [2.05, 4.69) is 54.4 Å². The quantitative estimate of drug-likeness (QED) is 0.834. The lowest BCUT2D eigenvalue weighted by atomic mass is 10.0. The van der Waals surface area contributed by atoms with E-state index in [1.807, 2.05) is 0 Å². The molecule has 0 amide bonds. The first-order valence-electron chi connectivity index (χ1n) is 6.31. The lowest BCUT2D eigenvalue weighted by Crippen LogP contribution is -2.55. The largest absolute Gasteiger partial charge is 0.311 e. The van der Waals surface area contributed by atoms with Crippen LogP contribution in [0.25, 0.3) is 0 Å². The van der Waals surface area contributed by atoms with Crippen LogP contribution in [0, 0.1) is 0 Å². The van der Waals surface area contributed by atoms with Gasteiger partial charge in [0.1, 0.15) is 0 Å². The van der Waals surface area contributed by atoms with Crippen LogP contribution >= 0.6 is 0 Å². The van der Waals surface area contributed by atoms with Crippen LogP contribution in [0.2, 0.25) is 0 Å². The molecule has 2 unspecified atom stereocenters. The van der Waals surface area contributed by atoms with E-state index in [9.17, 15) is 0 Å². The van der Waals surface area contributed by atoms with Crippen molar-refractivity contribution >= 4 is 0 Å². The van der Waals surface area contributed by atoms with Gasteiger partial charge in [0.2, 0.25) is 0 Å². The van der Waals surface area contributed by atoms with E-state index >= 15 is 0 Å². The molecule has 2 nitrogen and oxygen atoms in total. The van der Waals surface area contributed by atoms with E-state index in [1.54, 1.807) is 0 Å². The predicted molar refractivity (Wildman–Crippen MR) is 68.6 cm³/mol. The number of rotatable bonds is 3. The number of hydrogen-bond donors (Lipinski definition) is 1. The Morgan fingerprint density at radius 3 is 2.75 bits per heavy atom. The Morgan fingerprint density at radius 1 is 1.31 bits per heavy atom. The maximum absolute atomic E-state index is 3.64. The first-order valence-corrected chi connectivity index (χ1v) is 6.31. The molecule has 0 radical (unpaired) electrons. The number of benzene rings is 1. The van der Waals surface area contributed by atoms with E-state index in [0.717, 1.165) is 19.5 Å². The molecule has 1 fully saturated rings. The molecule has 2 atom stereocenters. The number of likely N-dealkylation sites (N-methyl/N-ethyl adjacent to an activating group) is 1. The molecule has 1 aromatic carbocycles. The fourth-order valence-corrected chi connectivity index (χ4v) is 2.47. The zero-order chi connectivity index (χ0) is 11.4. The lowest BCUT2D eigenvalue weighted by molar-refractivity contribution is 0.148. The number of piperazine rings is 1. The second-order valence-corrected chi connectivity index (χ2v) is 4.73. The van der Waals surface area contributed by atoms with Gasteiger partial charge < -0.3 is 5.32 Å². The van der Waals surface area contributed by atoms with Crippen molar-refractivity contribution in [2.75, 3.05) is 19.6 Å². The first kappa shape index (κ1) is 11.6. The van der Waals surface area contributed by atoms with Gasteiger partial charge >= 0.3 is 0 Å². The molecule has 0 aliphatic carbocycles. The van der Waals surface area contributed by atoms with E-state index in [-0.39, 0.29) is 0 Å². The summed E-state index contributed by atoms with van der Waals surface area (Å²) in [5, 5.41) is 3.64. The Balaban J connectivity index is 1.92. The molecule has 1 aromatic rings. The van der Waals surface area contributed by atoms with Gasteiger partial charge in [0.25, 0.3) is 0 Å². The average Bonchev–Trinajstić information content (AvgIpc) is 2.33. The summed E-state index contributed by atoms with van der Waals surface area (Å²) < 4.78 is 0. The van der Waals surface area contributed by atoms with Gasteiger partial charge in [0.05, 0.1) is 0 Å². The van der Waals surface area contributed by atoms with Crippen molar-refractivity contribution in [1.29, 1.82) is 0 Å². The van der Waals surface area contributed by atoms with Crippen LogP contribution in [-0.4, -0.2) is 36.6 Å². The molecule has 1 N–H and O–H groups in total. The number of hydrogen-bond acceptors (Lipinski definition) is 2. The molecule has 1 saturated heterocycles. The third-order valence-corrected chi connectivity index (χ3v) is 3.51. The molecule has 0 spiro atoms. The van der Waals surface area contributed by atoms with Crippen LogP contribution in [0.1, 0.15) is 19.4 Å². The molecule has 16 heavy (non-hydrogen) atoms. The number of nitrogens with one attached hydrogen (secondary N) is 1. The van der Waals surface area contributed by atoms with Crippen LogP contribution in [0.3, 0.4) is 0 Å². The summed E-state index contributed by atoms with van der Waals surface area (Å²) in [5.74, 6) is 0. The van der Waals surface area contributed by atoms with Crippen molar-refractivity contribution in [3.8, 4) is 0 Å². The highest BCUT2D eigenvalue weighted by Gasteiger charge is 2.23. The lowest BCUT2D eigenvalue weighted by Gasteiger charge is -2.38. The van der Waals surface area contributed by atoms with Crippen molar-refractivity contribution in [3.05, 3.63) is 35.9 Å². The Hall–Kier alpha value is -0.860. The summed E-state index contributed by atoms with van der Waals surface area (Å²) in [5.41, 5.74) is 1.44. The minimum atomic E-state index is 0.610. The molecule has 1 aliphatic heterocycles. The van der Waals surface area contributed by atoms with Gasteiger partial charge in [0, 0.05) is 25.2 Å². The zero-order valence-electron chi connectivity index (χ0n) is 10.3. The minimum absolute atomic E-state index is 0.610. The summed E-state index contributed by atoms with van der Waals surface area (Å²) in [7, 11) is 0. The SMILES string of the molecule is CCN1CC(Cc2ccccc2)NCC1C.